The Balaban J connectivity index is 1.50. The molecule has 2 aromatic rings. The maximum atomic E-state index is 12.9. The van der Waals surface area contributed by atoms with Crippen LogP contribution in [0.15, 0.2) is 42.5 Å². The molecule has 0 unspecified atom stereocenters. The van der Waals surface area contributed by atoms with E-state index in [0.717, 1.165) is 5.56 Å². The lowest BCUT2D eigenvalue weighted by Gasteiger charge is -2.32. The summed E-state index contributed by atoms with van der Waals surface area (Å²) in [5, 5.41) is 3.75. The minimum absolute atomic E-state index is 0.00660. The van der Waals surface area contributed by atoms with Gasteiger partial charge in [-0.3, -0.25) is 9.59 Å². The third-order valence-electron chi connectivity index (χ3n) is 4.63. The van der Waals surface area contributed by atoms with Crippen LogP contribution >= 0.6 is 23.2 Å². The van der Waals surface area contributed by atoms with Crippen LogP contribution in [-0.2, 0) is 11.2 Å². The van der Waals surface area contributed by atoms with Crippen LogP contribution in [0, 0.1) is 5.82 Å². The van der Waals surface area contributed by atoms with E-state index in [0.29, 0.717) is 41.5 Å². The summed E-state index contributed by atoms with van der Waals surface area (Å²) in [6.07, 6.45) is 1.59. The van der Waals surface area contributed by atoms with E-state index in [-0.39, 0.29) is 30.1 Å². The molecule has 1 heterocycles. The van der Waals surface area contributed by atoms with Crippen molar-refractivity contribution in [3.8, 4) is 0 Å². The summed E-state index contributed by atoms with van der Waals surface area (Å²) >= 11 is 11.9. The molecule has 0 atom stereocenters. The fourth-order valence-corrected chi connectivity index (χ4v) is 3.59. The number of carbonyl (C=O) groups excluding carboxylic acids is 2. The van der Waals surface area contributed by atoms with E-state index >= 15 is 0 Å². The van der Waals surface area contributed by atoms with Gasteiger partial charge < -0.3 is 10.2 Å². The monoisotopic (exact) mass is 408 g/mol. The van der Waals surface area contributed by atoms with Crippen molar-refractivity contribution in [2.24, 2.45) is 0 Å². The van der Waals surface area contributed by atoms with Crippen LogP contribution in [0.1, 0.15) is 28.8 Å². The summed E-state index contributed by atoms with van der Waals surface area (Å²) in [5.41, 5.74) is 1.17. The molecule has 142 valence electrons. The molecular formula is C20H19Cl2FN2O2. The Morgan fingerprint density at radius 3 is 2.37 bits per heavy atom. The van der Waals surface area contributed by atoms with Crippen molar-refractivity contribution in [2.75, 3.05) is 13.1 Å². The zero-order valence-corrected chi connectivity index (χ0v) is 16.1. The third kappa shape index (κ3) is 5.21. The maximum Gasteiger partial charge on any atom is 0.253 e. The second-order valence-corrected chi connectivity index (χ2v) is 7.40. The highest BCUT2D eigenvalue weighted by Crippen LogP contribution is 2.21. The molecular weight excluding hydrogens is 390 g/mol. The lowest BCUT2D eigenvalue weighted by molar-refractivity contribution is -0.131. The molecule has 1 N–H and O–H groups in total. The summed E-state index contributed by atoms with van der Waals surface area (Å²) in [7, 11) is 0. The SMILES string of the molecule is O=C(NC1CCN(C(=O)Cc2ccc(F)cc2)CC1)c1ccc(Cl)cc1Cl. The molecule has 1 saturated heterocycles. The van der Waals surface area contributed by atoms with Crippen LogP contribution < -0.4 is 5.32 Å². The second kappa shape index (κ2) is 8.72. The zero-order chi connectivity index (χ0) is 19.4. The number of halogens is 3. The molecule has 0 aromatic heterocycles. The molecule has 0 radical (unpaired) electrons. The Labute approximate surface area is 167 Å². The van der Waals surface area contributed by atoms with E-state index in [2.05, 4.69) is 5.32 Å². The van der Waals surface area contributed by atoms with Gasteiger partial charge in [0.1, 0.15) is 5.82 Å². The number of hydrogen-bond acceptors (Lipinski definition) is 2. The topological polar surface area (TPSA) is 49.4 Å². The molecule has 2 amide bonds. The quantitative estimate of drug-likeness (QED) is 0.827. The highest BCUT2D eigenvalue weighted by atomic mass is 35.5. The maximum absolute atomic E-state index is 12.9. The fourth-order valence-electron chi connectivity index (χ4n) is 3.10. The second-order valence-electron chi connectivity index (χ2n) is 6.56. The van der Waals surface area contributed by atoms with Gasteiger partial charge in [0.25, 0.3) is 5.91 Å². The molecule has 1 fully saturated rings. The van der Waals surface area contributed by atoms with Gasteiger partial charge in [0.2, 0.25) is 5.91 Å². The third-order valence-corrected chi connectivity index (χ3v) is 5.18. The van der Waals surface area contributed by atoms with Crippen molar-refractivity contribution in [1.82, 2.24) is 10.2 Å². The van der Waals surface area contributed by atoms with Crippen LogP contribution in [0.5, 0.6) is 0 Å². The van der Waals surface area contributed by atoms with Crippen molar-refractivity contribution in [2.45, 2.75) is 25.3 Å². The van der Waals surface area contributed by atoms with E-state index < -0.39 is 0 Å². The van der Waals surface area contributed by atoms with Gasteiger partial charge in [0, 0.05) is 24.2 Å². The number of benzene rings is 2. The van der Waals surface area contributed by atoms with E-state index in [1.165, 1.54) is 18.2 Å². The van der Waals surface area contributed by atoms with Gasteiger partial charge in [-0.05, 0) is 48.7 Å². The molecule has 1 aliphatic heterocycles. The highest BCUT2D eigenvalue weighted by Gasteiger charge is 2.24. The first-order valence-corrected chi connectivity index (χ1v) is 9.46. The van der Waals surface area contributed by atoms with Crippen molar-refractivity contribution in [1.29, 1.82) is 0 Å². The summed E-state index contributed by atoms with van der Waals surface area (Å²) in [5.74, 6) is -0.552. The molecule has 2 aromatic carbocycles. The van der Waals surface area contributed by atoms with E-state index in [1.54, 1.807) is 29.2 Å². The predicted octanol–water partition coefficient (Wildman–Crippen LogP) is 4.10. The number of piperidine rings is 1. The molecule has 27 heavy (non-hydrogen) atoms. The summed E-state index contributed by atoms with van der Waals surface area (Å²) in [6, 6.07) is 10.7. The smallest absolute Gasteiger partial charge is 0.253 e. The first-order valence-electron chi connectivity index (χ1n) is 8.70. The first-order chi connectivity index (χ1) is 12.9. The van der Waals surface area contributed by atoms with E-state index in [9.17, 15) is 14.0 Å². The van der Waals surface area contributed by atoms with Crippen molar-refractivity contribution >= 4 is 35.0 Å². The van der Waals surface area contributed by atoms with Gasteiger partial charge in [-0.15, -0.1) is 0 Å². The summed E-state index contributed by atoms with van der Waals surface area (Å²) < 4.78 is 12.9. The largest absolute Gasteiger partial charge is 0.349 e. The highest BCUT2D eigenvalue weighted by molar-refractivity contribution is 6.36. The zero-order valence-electron chi connectivity index (χ0n) is 14.6. The van der Waals surface area contributed by atoms with Crippen LogP contribution in [-0.4, -0.2) is 35.8 Å². The number of hydrogen-bond donors (Lipinski definition) is 1. The summed E-state index contributed by atoms with van der Waals surface area (Å²) in [6.45, 7) is 1.14. The Kier molecular flexibility index (Phi) is 6.34. The Morgan fingerprint density at radius 1 is 1.07 bits per heavy atom. The lowest BCUT2D eigenvalue weighted by Crippen LogP contribution is -2.47. The molecule has 0 saturated carbocycles. The first kappa shape index (κ1) is 19.6. The van der Waals surface area contributed by atoms with Gasteiger partial charge in [-0.25, -0.2) is 4.39 Å². The van der Waals surface area contributed by atoms with Crippen LogP contribution in [0.25, 0.3) is 0 Å². The normalized spacial score (nSPS) is 14.9. The van der Waals surface area contributed by atoms with E-state index in [1.807, 2.05) is 0 Å². The average molecular weight is 409 g/mol. The van der Waals surface area contributed by atoms with Crippen molar-refractivity contribution in [3.05, 3.63) is 69.5 Å². The van der Waals surface area contributed by atoms with Gasteiger partial charge in [-0.2, -0.15) is 0 Å². The minimum atomic E-state index is -0.316. The number of nitrogens with one attached hydrogen (secondary N) is 1. The molecule has 0 aliphatic carbocycles. The minimum Gasteiger partial charge on any atom is -0.349 e. The predicted molar refractivity (Wildman–Crippen MR) is 104 cm³/mol. The van der Waals surface area contributed by atoms with Gasteiger partial charge in [0.05, 0.1) is 17.0 Å². The molecule has 4 nitrogen and oxygen atoms in total. The number of nitrogens with zero attached hydrogens (tertiary/aromatic N) is 1. The molecule has 0 bridgehead atoms. The fraction of sp³-hybridized carbons (Fsp3) is 0.300. The standard InChI is InChI=1S/C20H19Cl2FN2O2/c21-14-3-6-17(18(22)12-14)20(27)24-16-7-9-25(10-8-16)19(26)11-13-1-4-15(23)5-2-13/h1-6,12,16H,7-11H2,(H,24,27). The molecule has 0 spiro atoms. The van der Waals surface area contributed by atoms with Crippen LogP contribution in [0.2, 0.25) is 10.0 Å². The molecule has 7 heteroatoms. The van der Waals surface area contributed by atoms with Crippen molar-refractivity contribution < 1.29 is 14.0 Å². The Bertz CT molecular complexity index is 834. The van der Waals surface area contributed by atoms with Gasteiger partial charge in [0.15, 0.2) is 0 Å². The Hall–Kier alpha value is -2.11. The van der Waals surface area contributed by atoms with Gasteiger partial charge in [-0.1, -0.05) is 35.3 Å². The number of rotatable bonds is 4. The molecule has 1 aliphatic rings. The average Bonchev–Trinajstić information content (AvgIpc) is 2.64. The number of amides is 2. The number of carbonyl (C=O) groups is 2. The van der Waals surface area contributed by atoms with E-state index in [4.69, 9.17) is 23.2 Å². The lowest BCUT2D eigenvalue weighted by atomic mass is 10.0. The van der Waals surface area contributed by atoms with Crippen LogP contribution in [0.4, 0.5) is 4.39 Å². The van der Waals surface area contributed by atoms with Gasteiger partial charge >= 0.3 is 0 Å². The van der Waals surface area contributed by atoms with Crippen molar-refractivity contribution in [3.63, 3.8) is 0 Å². The summed E-state index contributed by atoms with van der Waals surface area (Å²) in [4.78, 5) is 26.6. The number of likely N-dealkylation sites (tertiary alicyclic amines) is 1. The Morgan fingerprint density at radius 2 is 1.74 bits per heavy atom. The van der Waals surface area contributed by atoms with Crippen LogP contribution in [0.3, 0.4) is 0 Å². The molecule has 3 rings (SSSR count).